The molecule has 1 aromatic rings. The second-order valence-electron chi connectivity index (χ2n) is 5.54. The van der Waals surface area contributed by atoms with Gasteiger partial charge in [-0.05, 0) is 26.2 Å². The third-order valence-corrected chi connectivity index (χ3v) is 3.31. The maximum absolute atomic E-state index is 11.7. The molecule has 0 aliphatic rings. The number of aryl methyl sites for hydroxylation is 1. The molecule has 0 aliphatic heterocycles. The van der Waals surface area contributed by atoms with Crippen LogP contribution in [0.4, 0.5) is 0 Å². The van der Waals surface area contributed by atoms with E-state index in [1.54, 1.807) is 6.92 Å². The van der Waals surface area contributed by atoms with Gasteiger partial charge in [-0.2, -0.15) is 0 Å². The van der Waals surface area contributed by atoms with Gasteiger partial charge in [0.1, 0.15) is 5.82 Å². The molecule has 1 aromatic heterocycles. The second kappa shape index (κ2) is 8.72. The van der Waals surface area contributed by atoms with Gasteiger partial charge in [-0.3, -0.25) is 0 Å². The SMILES string of the molecule is CCOC(=O)c1nnc(C)n1CCCCCCC(C)C. The molecule has 0 aliphatic carbocycles. The molecule has 0 radical (unpaired) electrons. The van der Waals surface area contributed by atoms with Gasteiger partial charge in [0.15, 0.2) is 0 Å². The fourth-order valence-electron chi connectivity index (χ4n) is 2.17. The number of nitrogens with zero attached hydrogens (tertiary/aromatic N) is 3. The van der Waals surface area contributed by atoms with Crippen LogP contribution in [0.3, 0.4) is 0 Å². The number of rotatable bonds is 9. The molecule has 1 rings (SSSR count). The molecule has 0 bridgehead atoms. The summed E-state index contributed by atoms with van der Waals surface area (Å²) in [6.45, 7) is 9.32. The van der Waals surface area contributed by atoms with Crippen LogP contribution in [-0.2, 0) is 11.3 Å². The van der Waals surface area contributed by atoms with Gasteiger partial charge in [-0.1, -0.05) is 39.5 Å². The van der Waals surface area contributed by atoms with Crippen molar-refractivity contribution in [2.45, 2.75) is 66.3 Å². The molecule has 0 spiro atoms. The Morgan fingerprint density at radius 1 is 1.20 bits per heavy atom. The lowest BCUT2D eigenvalue weighted by Crippen LogP contribution is -2.14. The van der Waals surface area contributed by atoms with E-state index in [1.165, 1.54) is 25.7 Å². The lowest BCUT2D eigenvalue weighted by molar-refractivity contribution is 0.0505. The lowest BCUT2D eigenvalue weighted by atomic mass is 10.0. The van der Waals surface area contributed by atoms with Crippen LogP contribution in [-0.4, -0.2) is 27.3 Å². The van der Waals surface area contributed by atoms with Crippen molar-refractivity contribution < 1.29 is 9.53 Å². The zero-order chi connectivity index (χ0) is 15.0. The number of carbonyl (C=O) groups is 1. The number of hydrogen-bond acceptors (Lipinski definition) is 4. The number of aromatic nitrogens is 3. The van der Waals surface area contributed by atoms with Crippen molar-refractivity contribution >= 4 is 5.97 Å². The van der Waals surface area contributed by atoms with Crippen LogP contribution < -0.4 is 0 Å². The molecule has 0 N–H and O–H groups in total. The van der Waals surface area contributed by atoms with Gasteiger partial charge in [0.2, 0.25) is 5.82 Å². The van der Waals surface area contributed by atoms with Gasteiger partial charge < -0.3 is 9.30 Å². The number of esters is 1. The van der Waals surface area contributed by atoms with Crippen molar-refractivity contribution in [2.24, 2.45) is 5.92 Å². The highest BCUT2D eigenvalue weighted by atomic mass is 16.5. The average molecular weight is 281 g/mol. The molecular formula is C15H27N3O2. The molecular weight excluding hydrogens is 254 g/mol. The van der Waals surface area contributed by atoms with Crippen LogP contribution in [0.2, 0.25) is 0 Å². The van der Waals surface area contributed by atoms with Crippen LogP contribution in [0, 0.1) is 12.8 Å². The largest absolute Gasteiger partial charge is 0.460 e. The summed E-state index contributed by atoms with van der Waals surface area (Å²) in [4.78, 5) is 11.7. The van der Waals surface area contributed by atoms with E-state index in [0.29, 0.717) is 12.4 Å². The minimum absolute atomic E-state index is 0.325. The first-order valence-electron chi connectivity index (χ1n) is 7.63. The summed E-state index contributed by atoms with van der Waals surface area (Å²) in [6.07, 6.45) is 6.04. The summed E-state index contributed by atoms with van der Waals surface area (Å²) in [5.74, 6) is 1.50. The predicted octanol–water partition coefficient (Wildman–Crippen LogP) is 3.37. The van der Waals surface area contributed by atoms with E-state index in [2.05, 4.69) is 24.0 Å². The van der Waals surface area contributed by atoms with Gasteiger partial charge in [-0.15, -0.1) is 10.2 Å². The summed E-state index contributed by atoms with van der Waals surface area (Å²) in [5, 5.41) is 7.88. The van der Waals surface area contributed by atoms with Gasteiger partial charge in [0.25, 0.3) is 0 Å². The standard InChI is InChI=1S/C15H27N3O2/c1-5-20-15(19)14-17-16-13(4)18(14)11-9-7-6-8-10-12(2)3/h12H,5-11H2,1-4H3. The van der Waals surface area contributed by atoms with Crippen molar-refractivity contribution in [3.8, 4) is 0 Å². The number of hydrogen-bond donors (Lipinski definition) is 0. The van der Waals surface area contributed by atoms with Gasteiger partial charge in [-0.25, -0.2) is 4.79 Å². The van der Waals surface area contributed by atoms with Gasteiger partial charge in [0, 0.05) is 6.54 Å². The van der Waals surface area contributed by atoms with Gasteiger partial charge in [0.05, 0.1) is 6.61 Å². The van der Waals surface area contributed by atoms with Crippen LogP contribution >= 0.6 is 0 Å². The second-order valence-corrected chi connectivity index (χ2v) is 5.54. The molecule has 1 heterocycles. The molecule has 0 saturated carbocycles. The van der Waals surface area contributed by atoms with E-state index >= 15 is 0 Å². The first-order chi connectivity index (χ1) is 9.56. The molecule has 0 atom stereocenters. The molecule has 20 heavy (non-hydrogen) atoms. The minimum Gasteiger partial charge on any atom is -0.460 e. The highest BCUT2D eigenvalue weighted by Crippen LogP contribution is 2.11. The summed E-state index contributed by atoms with van der Waals surface area (Å²) >= 11 is 0. The quantitative estimate of drug-likeness (QED) is 0.514. The number of ether oxygens (including phenoxy) is 1. The Kier molecular flexibility index (Phi) is 7.26. The molecule has 114 valence electrons. The Morgan fingerprint density at radius 2 is 1.90 bits per heavy atom. The predicted molar refractivity (Wildman–Crippen MR) is 78.6 cm³/mol. The first kappa shape index (κ1) is 16.7. The van der Waals surface area contributed by atoms with E-state index in [4.69, 9.17) is 4.74 Å². The minimum atomic E-state index is -0.382. The van der Waals surface area contributed by atoms with E-state index in [0.717, 1.165) is 24.7 Å². The van der Waals surface area contributed by atoms with Crippen LogP contribution in [0.5, 0.6) is 0 Å². The highest BCUT2D eigenvalue weighted by Gasteiger charge is 2.17. The Bertz CT molecular complexity index is 413. The lowest BCUT2D eigenvalue weighted by Gasteiger charge is -2.08. The normalized spacial score (nSPS) is 11.1. The number of carbonyl (C=O) groups excluding carboxylic acids is 1. The third-order valence-electron chi connectivity index (χ3n) is 3.31. The Morgan fingerprint density at radius 3 is 2.55 bits per heavy atom. The van der Waals surface area contributed by atoms with E-state index < -0.39 is 0 Å². The van der Waals surface area contributed by atoms with Crippen molar-refractivity contribution in [3.05, 3.63) is 11.6 Å². The third kappa shape index (κ3) is 5.31. The maximum atomic E-state index is 11.7. The fraction of sp³-hybridized carbons (Fsp3) is 0.800. The zero-order valence-corrected chi connectivity index (χ0v) is 13.2. The van der Waals surface area contributed by atoms with E-state index in [1.807, 2.05) is 11.5 Å². The summed E-state index contributed by atoms with van der Waals surface area (Å²) in [7, 11) is 0. The summed E-state index contributed by atoms with van der Waals surface area (Å²) < 4.78 is 6.85. The van der Waals surface area contributed by atoms with Crippen LogP contribution in [0.1, 0.15) is 69.3 Å². The molecule has 0 fully saturated rings. The average Bonchev–Trinajstić information content (AvgIpc) is 2.75. The number of unbranched alkanes of at least 4 members (excludes halogenated alkanes) is 3. The van der Waals surface area contributed by atoms with Crippen LogP contribution in [0.15, 0.2) is 0 Å². The van der Waals surface area contributed by atoms with E-state index in [9.17, 15) is 4.79 Å². The summed E-state index contributed by atoms with van der Waals surface area (Å²) in [5.41, 5.74) is 0. The molecule has 5 heteroatoms. The monoisotopic (exact) mass is 281 g/mol. The van der Waals surface area contributed by atoms with Crippen molar-refractivity contribution in [3.63, 3.8) is 0 Å². The van der Waals surface area contributed by atoms with E-state index in [-0.39, 0.29) is 5.97 Å². The summed E-state index contributed by atoms with van der Waals surface area (Å²) in [6, 6.07) is 0. The Balaban J connectivity index is 2.39. The smallest absolute Gasteiger partial charge is 0.376 e. The molecule has 0 unspecified atom stereocenters. The van der Waals surface area contributed by atoms with Crippen molar-refractivity contribution in [1.82, 2.24) is 14.8 Å². The molecule has 0 saturated heterocycles. The van der Waals surface area contributed by atoms with Gasteiger partial charge >= 0.3 is 5.97 Å². The first-order valence-corrected chi connectivity index (χ1v) is 7.63. The van der Waals surface area contributed by atoms with Crippen molar-refractivity contribution in [1.29, 1.82) is 0 Å². The maximum Gasteiger partial charge on any atom is 0.376 e. The Hall–Kier alpha value is -1.39. The molecule has 5 nitrogen and oxygen atoms in total. The fourth-order valence-corrected chi connectivity index (χ4v) is 2.17. The molecule has 0 amide bonds. The van der Waals surface area contributed by atoms with Crippen molar-refractivity contribution in [2.75, 3.05) is 6.61 Å². The molecule has 0 aromatic carbocycles. The topological polar surface area (TPSA) is 57.0 Å². The Labute approximate surface area is 121 Å². The zero-order valence-electron chi connectivity index (χ0n) is 13.2. The van der Waals surface area contributed by atoms with Crippen LogP contribution in [0.25, 0.3) is 0 Å². The highest BCUT2D eigenvalue weighted by molar-refractivity contribution is 5.85.